The van der Waals surface area contributed by atoms with Crippen LogP contribution < -0.4 is 0 Å². The second-order valence-corrected chi connectivity index (χ2v) is 9.93. The van der Waals surface area contributed by atoms with E-state index >= 15 is 0 Å². The largest absolute Gasteiger partial charge is 0.460 e. The first-order valence-corrected chi connectivity index (χ1v) is 10.2. The highest BCUT2D eigenvalue weighted by Crippen LogP contribution is 2.39. The van der Waals surface area contributed by atoms with E-state index in [1.807, 2.05) is 24.3 Å². The van der Waals surface area contributed by atoms with Crippen LogP contribution in [0.25, 0.3) is 21.9 Å². The molecule has 0 saturated heterocycles. The van der Waals surface area contributed by atoms with Gasteiger partial charge in [-0.05, 0) is 36.2 Å². The second-order valence-electron chi connectivity index (χ2n) is 9.14. The van der Waals surface area contributed by atoms with Crippen LogP contribution in [-0.2, 0) is 17.3 Å². The number of benzene rings is 2. The van der Waals surface area contributed by atoms with Crippen molar-refractivity contribution in [3.63, 3.8) is 0 Å². The van der Waals surface area contributed by atoms with Gasteiger partial charge in [0, 0.05) is 21.6 Å². The van der Waals surface area contributed by atoms with Gasteiger partial charge in [0.2, 0.25) is 0 Å². The van der Waals surface area contributed by atoms with Gasteiger partial charge in [0.15, 0.2) is 5.58 Å². The van der Waals surface area contributed by atoms with Crippen LogP contribution in [0.5, 0.6) is 0 Å². The Morgan fingerprint density at radius 1 is 0.857 bits per heavy atom. The topological polar surface area (TPSA) is 26.3 Å². The van der Waals surface area contributed by atoms with Crippen molar-refractivity contribution in [1.29, 1.82) is 0 Å². The van der Waals surface area contributed by atoms with Gasteiger partial charge in [-0.2, -0.15) is 0 Å². The molecule has 0 saturated carbocycles. The lowest BCUT2D eigenvalue weighted by molar-refractivity contribution is 0.398. The van der Waals surface area contributed by atoms with Gasteiger partial charge in [-0.3, -0.25) is 0 Å². The van der Waals surface area contributed by atoms with Crippen molar-refractivity contribution in [2.24, 2.45) is 0 Å². The lowest BCUT2D eigenvalue weighted by Gasteiger charge is -2.22. The van der Waals surface area contributed by atoms with Gasteiger partial charge in [0.05, 0.1) is 10.0 Å². The number of furan rings is 2. The number of hydrogen-bond donors (Lipinski definition) is 0. The van der Waals surface area contributed by atoms with Crippen molar-refractivity contribution in [2.45, 2.75) is 51.9 Å². The number of rotatable bonds is 3. The molecule has 146 valence electrons. The van der Waals surface area contributed by atoms with E-state index in [1.54, 1.807) is 0 Å². The Morgan fingerprint density at radius 2 is 1.61 bits per heavy atom. The van der Waals surface area contributed by atoms with Gasteiger partial charge in [0.1, 0.15) is 17.1 Å². The highest BCUT2D eigenvalue weighted by Gasteiger charge is 2.28. The highest BCUT2D eigenvalue weighted by molar-refractivity contribution is 6.36. The minimum atomic E-state index is -0.251. The van der Waals surface area contributed by atoms with Crippen LogP contribution in [-0.4, -0.2) is 0 Å². The Bertz CT molecular complexity index is 1170. The Labute approximate surface area is 175 Å². The maximum absolute atomic E-state index is 6.76. The molecule has 2 aromatic heterocycles. The first kappa shape index (κ1) is 19.4. The molecule has 4 aromatic rings. The molecule has 4 heteroatoms. The van der Waals surface area contributed by atoms with E-state index in [0.717, 1.165) is 45.4 Å². The molecule has 0 aliphatic rings. The molecule has 0 spiro atoms. The summed E-state index contributed by atoms with van der Waals surface area (Å²) in [6.07, 6.45) is 0.727. The van der Waals surface area contributed by atoms with Crippen LogP contribution in [0.3, 0.4) is 0 Å². The van der Waals surface area contributed by atoms with Crippen molar-refractivity contribution in [2.75, 3.05) is 0 Å². The van der Waals surface area contributed by atoms with Gasteiger partial charge < -0.3 is 8.83 Å². The molecule has 0 N–H and O–H groups in total. The van der Waals surface area contributed by atoms with Crippen LogP contribution >= 0.6 is 23.2 Å². The Morgan fingerprint density at radius 3 is 2.29 bits per heavy atom. The van der Waals surface area contributed by atoms with Crippen molar-refractivity contribution < 1.29 is 8.83 Å². The third-order valence-corrected chi connectivity index (χ3v) is 6.00. The summed E-state index contributed by atoms with van der Waals surface area (Å²) < 4.78 is 12.2. The minimum Gasteiger partial charge on any atom is -0.460 e. The Balaban J connectivity index is 1.73. The molecule has 28 heavy (non-hydrogen) atoms. The maximum atomic E-state index is 6.76. The molecule has 0 unspecified atom stereocenters. The van der Waals surface area contributed by atoms with Crippen LogP contribution in [0.2, 0.25) is 10.0 Å². The summed E-state index contributed by atoms with van der Waals surface area (Å²) in [7, 11) is 0. The van der Waals surface area contributed by atoms with E-state index < -0.39 is 0 Å². The standard InChI is InChI=1S/C24H24Cl2O2/c1-23(2,3)19-11-14-9-10-15(21(26)22(14)28-19)13-24(4,5)20-12-16-17(25)7-6-8-18(16)27-20/h6-12H,13H2,1-5H3. The number of fused-ring (bicyclic) bond motifs is 2. The summed E-state index contributed by atoms with van der Waals surface area (Å²) >= 11 is 13.1. The fraction of sp³-hybridized carbons (Fsp3) is 0.333. The van der Waals surface area contributed by atoms with E-state index in [1.165, 1.54) is 0 Å². The zero-order valence-electron chi connectivity index (χ0n) is 16.8. The molecule has 0 bridgehead atoms. The molecule has 4 rings (SSSR count). The van der Waals surface area contributed by atoms with Crippen molar-refractivity contribution in [3.05, 3.63) is 69.6 Å². The van der Waals surface area contributed by atoms with Gasteiger partial charge in [-0.15, -0.1) is 0 Å². The van der Waals surface area contributed by atoms with Crippen LogP contribution in [0.1, 0.15) is 51.7 Å². The normalized spacial score (nSPS) is 13.0. The third-order valence-electron chi connectivity index (χ3n) is 5.25. The molecule has 0 atom stereocenters. The Kier molecular flexibility index (Phi) is 4.56. The molecular formula is C24H24Cl2O2. The molecule has 0 amide bonds. The fourth-order valence-corrected chi connectivity index (χ4v) is 4.04. The SMILES string of the molecule is CC(C)(C)c1cc2ccc(CC(C)(C)c3cc4c(Cl)cccc4o3)c(Cl)c2o1. The minimum absolute atomic E-state index is 0.0602. The Hall–Kier alpha value is -1.90. The fourth-order valence-electron chi connectivity index (χ4n) is 3.54. The zero-order valence-corrected chi connectivity index (χ0v) is 18.3. The third kappa shape index (κ3) is 3.33. The van der Waals surface area contributed by atoms with E-state index in [-0.39, 0.29) is 10.8 Å². The molecule has 0 aliphatic carbocycles. The molecule has 2 aromatic carbocycles. The van der Waals surface area contributed by atoms with Gasteiger partial charge in [0.25, 0.3) is 0 Å². The smallest absolute Gasteiger partial charge is 0.153 e. The van der Waals surface area contributed by atoms with Gasteiger partial charge in [-0.1, -0.05) is 76.0 Å². The van der Waals surface area contributed by atoms with E-state index in [2.05, 4.69) is 52.8 Å². The lowest BCUT2D eigenvalue weighted by Crippen LogP contribution is -2.19. The van der Waals surface area contributed by atoms with Crippen molar-refractivity contribution in [1.82, 2.24) is 0 Å². The quantitative estimate of drug-likeness (QED) is 0.336. The van der Waals surface area contributed by atoms with E-state index in [9.17, 15) is 0 Å². The number of hydrogen-bond acceptors (Lipinski definition) is 2. The van der Waals surface area contributed by atoms with Crippen LogP contribution in [0.4, 0.5) is 0 Å². The number of halogens is 2. The van der Waals surface area contributed by atoms with E-state index in [0.29, 0.717) is 10.0 Å². The summed E-state index contributed by atoms with van der Waals surface area (Å²) in [6, 6.07) is 14.0. The predicted octanol–water partition coefficient (Wildman–Crippen LogP) is 8.30. The average Bonchev–Trinajstić information content (AvgIpc) is 3.22. The monoisotopic (exact) mass is 414 g/mol. The highest BCUT2D eigenvalue weighted by atomic mass is 35.5. The molecular weight excluding hydrogens is 391 g/mol. The van der Waals surface area contributed by atoms with Crippen LogP contribution in [0, 0.1) is 0 Å². The van der Waals surface area contributed by atoms with Crippen molar-refractivity contribution >= 4 is 45.1 Å². The molecule has 2 nitrogen and oxygen atoms in total. The summed E-state index contributed by atoms with van der Waals surface area (Å²) in [5.41, 5.74) is 2.29. The molecule has 0 aliphatic heterocycles. The molecule has 2 heterocycles. The summed E-state index contributed by atoms with van der Waals surface area (Å²) in [5, 5.41) is 3.35. The lowest BCUT2D eigenvalue weighted by atomic mass is 9.83. The summed E-state index contributed by atoms with van der Waals surface area (Å²) in [5.74, 6) is 1.83. The molecule has 0 fully saturated rings. The van der Waals surface area contributed by atoms with Gasteiger partial charge >= 0.3 is 0 Å². The second kappa shape index (κ2) is 6.57. The average molecular weight is 415 g/mol. The van der Waals surface area contributed by atoms with Crippen LogP contribution in [0.15, 0.2) is 51.3 Å². The van der Waals surface area contributed by atoms with E-state index in [4.69, 9.17) is 32.0 Å². The molecule has 0 radical (unpaired) electrons. The predicted molar refractivity (Wildman–Crippen MR) is 118 cm³/mol. The maximum Gasteiger partial charge on any atom is 0.153 e. The first-order valence-electron chi connectivity index (χ1n) is 9.46. The summed E-state index contributed by atoms with van der Waals surface area (Å²) in [4.78, 5) is 0. The zero-order chi connectivity index (χ0) is 20.3. The first-order chi connectivity index (χ1) is 13.1. The van der Waals surface area contributed by atoms with Crippen molar-refractivity contribution in [3.8, 4) is 0 Å². The summed E-state index contributed by atoms with van der Waals surface area (Å²) in [6.45, 7) is 10.7. The van der Waals surface area contributed by atoms with Gasteiger partial charge in [-0.25, -0.2) is 0 Å².